The quantitative estimate of drug-likeness (QED) is 0.591. The molecular formula is C24H22N2O4S. The summed E-state index contributed by atoms with van der Waals surface area (Å²) in [4.78, 5) is 26.7. The summed E-state index contributed by atoms with van der Waals surface area (Å²) < 4.78 is 28.7. The minimum Gasteiger partial charge on any atom is -0.312 e. The second-order valence-electron chi connectivity index (χ2n) is 7.44. The van der Waals surface area contributed by atoms with Crippen molar-refractivity contribution in [1.82, 2.24) is 0 Å². The van der Waals surface area contributed by atoms with E-state index < -0.39 is 10.0 Å². The molecule has 3 aromatic carbocycles. The van der Waals surface area contributed by atoms with Gasteiger partial charge in [-0.05, 0) is 49.2 Å². The predicted octanol–water partition coefficient (Wildman–Crippen LogP) is 4.15. The fourth-order valence-corrected chi connectivity index (χ4v) is 4.88. The van der Waals surface area contributed by atoms with E-state index in [0.29, 0.717) is 24.1 Å². The van der Waals surface area contributed by atoms with Crippen molar-refractivity contribution >= 4 is 33.1 Å². The number of nitrogens with zero attached hydrogens (tertiary/aromatic N) is 1. The number of carbonyl (C=O) groups is 2. The van der Waals surface area contributed by atoms with Gasteiger partial charge in [-0.1, -0.05) is 42.5 Å². The average molecular weight is 435 g/mol. The minimum atomic E-state index is -3.93. The van der Waals surface area contributed by atoms with Crippen molar-refractivity contribution in [3.8, 4) is 0 Å². The summed E-state index contributed by atoms with van der Waals surface area (Å²) in [6, 6.07) is 19.9. The number of carbonyl (C=O) groups excluding carboxylic acids is 2. The van der Waals surface area contributed by atoms with Crippen LogP contribution in [-0.4, -0.2) is 26.7 Å². The highest BCUT2D eigenvalue weighted by Crippen LogP contribution is 2.29. The van der Waals surface area contributed by atoms with Crippen LogP contribution < -0.4 is 9.62 Å². The van der Waals surface area contributed by atoms with Gasteiger partial charge in [-0.3, -0.25) is 14.3 Å². The zero-order chi connectivity index (χ0) is 22.0. The monoisotopic (exact) mass is 434 g/mol. The van der Waals surface area contributed by atoms with Crippen LogP contribution in [0.2, 0.25) is 0 Å². The third-order valence-electron chi connectivity index (χ3n) is 5.29. The number of para-hydroxylation sites is 1. The standard InChI is InChI=1S/C24H22N2O4S/c1-17-16-19(13-14-22(17)26-15-7-12-23(26)27)31(29,30)25-21-11-6-5-10-20(21)24(28)18-8-3-2-4-9-18/h2-6,8-11,13-14,16,25H,7,12,15H2,1H3. The van der Waals surface area contributed by atoms with Crippen LogP contribution in [0.4, 0.5) is 11.4 Å². The number of aryl methyl sites for hydroxylation is 1. The maximum atomic E-state index is 13.1. The predicted molar refractivity (Wildman–Crippen MR) is 120 cm³/mol. The van der Waals surface area contributed by atoms with Gasteiger partial charge in [-0.25, -0.2) is 8.42 Å². The number of hydrogen-bond donors (Lipinski definition) is 1. The Morgan fingerprint density at radius 2 is 1.68 bits per heavy atom. The summed E-state index contributed by atoms with van der Waals surface area (Å²) in [6.45, 7) is 2.42. The van der Waals surface area contributed by atoms with E-state index in [1.54, 1.807) is 72.5 Å². The van der Waals surface area contributed by atoms with Gasteiger partial charge in [0.2, 0.25) is 5.91 Å². The lowest BCUT2D eigenvalue weighted by Crippen LogP contribution is -2.24. The van der Waals surface area contributed by atoms with Crippen LogP contribution in [0.15, 0.2) is 77.7 Å². The molecule has 1 N–H and O–H groups in total. The molecule has 7 heteroatoms. The second kappa shape index (κ2) is 8.35. The van der Waals surface area contributed by atoms with Crippen LogP contribution in [0.5, 0.6) is 0 Å². The number of nitrogens with one attached hydrogen (secondary N) is 1. The van der Waals surface area contributed by atoms with Gasteiger partial charge in [-0.2, -0.15) is 0 Å². The molecule has 1 saturated heterocycles. The summed E-state index contributed by atoms with van der Waals surface area (Å²) in [5.41, 5.74) is 2.39. The lowest BCUT2D eigenvalue weighted by Gasteiger charge is -2.19. The summed E-state index contributed by atoms with van der Waals surface area (Å²) in [5.74, 6) is -0.219. The normalized spacial score (nSPS) is 14.0. The fourth-order valence-electron chi connectivity index (χ4n) is 3.72. The van der Waals surface area contributed by atoms with Crippen LogP contribution in [0.3, 0.4) is 0 Å². The molecule has 31 heavy (non-hydrogen) atoms. The van der Waals surface area contributed by atoms with E-state index in [2.05, 4.69) is 4.72 Å². The van der Waals surface area contributed by atoms with Gasteiger partial charge in [0.25, 0.3) is 10.0 Å². The Bertz CT molecular complexity index is 1250. The van der Waals surface area contributed by atoms with Gasteiger partial charge < -0.3 is 4.90 Å². The maximum Gasteiger partial charge on any atom is 0.261 e. The topological polar surface area (TPSA) is 83.6 Å². The Morgan fingerprint density at radius 1 is 0.968 bits per heavy atom. The van der Waals surface area contributed by atoms with E-state index in [9.17, 15) is 18.0 Å². The Morgan fingerprint density at radius 3 is 2.35 bits per heavy atom. The number of sulfonamides is 1. The Balaban J connectivity index is 1.64. The summed E-state index contributed by atoms with van der Waals surface area (Å²) in [6.07, 6.45) is 1.30. The number of hydrogen-bond acceptors (Lipinski definition) is 4. The molecule has 1 aliphatic heterocycles. The largest absolute Gasteiger partial charge is 0.312 e. The molecular weight excluding hydrogens is 412 g/mol. The Labute approximate surface area is 181 Å². The van der Waals surface area contributed by atoms with Crippen LogP contribution in [0, 0.1) is 6.92 Å². The second-order valence-corrected chi connectivity index (χ2v) is 9.13. The van der Waals surface area contributed by atoms with E-state index >= 15 is 0 Å². The first kappa shape index (κ1) is 20.8. The molecule has 0 aromatic heterocycles. The molecule has 0 radical (unpaired) electrons. The van der Waals surface area contributed by atoms with Crippen LogP contribution in [0.25, 0.3) is 0 Å². The molecule has 0 aliphatic carbocycles. The number of benzene rings is 3. The highest BCUT2D eigenvalue weighted by atomic mass is 32.2. The van der Waals surface area contributed by atoms with E-state index in [0.717, 1.165) is 12.1 Å². The molecule has 1 fully saturated rings. The Kier molecular flexibility index (Phi) is 5.61. The van der Waals surface area contributed by atoms with Crippen molar-refractivity contribution in [3.05, 3.63) is 89.5 Å². The first-order valence-electron chi connectivity index (χ1n) is 9.99. The van der Waals surface area contributed by atoms with Crippen molar-refractivity contribution in [2.24, 2.45) is 0 Å². The van der Waals surface area contributed by atoms with Crippen molar-refractivity contribution in [2.45, 2.75) is 24.7 Å². The van der Waals surface area contributed by atoms with Gasteiger partial charge in [0.05, 0.1) is 10.6 Å². The Hall–Kier alpha value is -3.45. The zero-order valence-corrected chi connectivity index (χ0v) is 17.9. The van der Waals surface area contributed by atoms with E-state index in [1.807, 2.05) is 6.07 Å². The van der Waals surface area contributed by atoms with Crippen LogP contribution >= 0.6 is 0 Å². The van der Waals surface area contributed by atoms with Crippen LogP contribution in [0.1, 0.15) is 34.3 Å². The minimum absolute atomic E-state index is 0.0465. The SMILES string of the molecule is Cc1cc(S(=O)(=O)Nc2ccccc2C(=O)c2ccccc2)ccc1N1CCCC1=O. The van der Waals surface area contributed by atoms with Crippen LogP contribution in [-0.2, 0) is 14.8 Å². The molecule has 4 rings (SSSR count). The van der Waals surface area contributed by atoms with Crippen molar-refractivity contribution in [1.29, 1.82) is 0 Å². The molecule has 0 unspecified atom stereocenters. The molecule has 1 amide bonds. The molecule has 1 heterocycles. The van der Waals surface area contributed by atoms with Gasteiger partial charge in [0.1, 0.15) is 0 Å². The highest BCUT2D eigenvalue weighted by molar-refractivity contribution is 7.92. The van der Waals surface area contributed by atoms with Crippen molar-refractivity contribution in [3.63, 3.8) is 0 Å². The number of ketones is 1. The van der Waals surface area contributed by atoms with Crippen molar-refractivity contribution < 1.29 is 18.0 Å². The summed E-state index contributed by atoms with van der Waals surface area (Å²) >= 11 is 0. The molecule has 158 valence electrons. The van der Waals surface area contributed by atoms with Gasteiger partial charge in [-0.15, -0.1) is 0 Å². The average Bonchev–Trinajstić information content (AvgIpc) is 3.19. The maximum absolute atomic E-state index is 13.1. The van der Waals surface area contributed by atoms with Gasteiger partial charge in [0, 0.05) is 29.8 Å². The fraction of sp³-hybridized carbons (Fsp3) is 0.167. The van der Waals surface area contributed by atoms with E-state index in [-0.39, 0.29) is 27.8 Å². The van der Waals surface area contributed by atoms with Crippen molar-refractivity contribution in [2.75, 3.05) is 16.2 Å². The highest BCUT2D eigenvalue weighted by Gasteiger charge is 2.25. The van der Waals surface area contributed by atoms with Gasteiger partial charge in [0.15, 0.2) is 5.78 Å². The lowest BCUT2D eigenvalue weighted by molar-refractivity contribution is -0.117. The zero-order valence-electron chi connectivity index (χ0n) is 17.0. The number of rotatable bonds is 6. The molecule has 0 spiro atoms. The van der Waals surface area contributed by atoms with Gasteiger partial charge >= 0.3 is 0 Å². The summed E-state index contributed by atoms with van der Waals surface area (Å²) in [7, 11) is -3.93. The first-order valence-corrected chi connectivity index (χ1v) is 11.5. The van der Waals surface area contributed by atoms with E-state index in [1.165, 1.54) is 6.07 Å². The molecule has 0 bridgehead atoms. The third-order valence-corrected chi connectivity index (χ3v) is 6.66. The first-order chi connectivity index (χ1) is 14.9. The number of amides is 1. The number of anilines is 2. The summed E-state index contributed by atoms with van der Waals surface area (Å²) in [5, 5.41) is 0. The lowest BCUT2D eigenvalue weighted by atomic mass is 10.0. The molecule has 1 aliphatic rings. The molecule has 0 atom stereocenters. The molecule has 6 nitrogen and oxygen atoms in total. The molecule has 0 saturated carbocycles. The molecule has 3 aromatic rings. The smallest absolute Gasteiger partial charge is 0.261 e. The van der Waals surface area contributed by atoms with E-state index in [4.69, 9.17) is 0 Å². The third kappa shape index (κ3) is 4.22.